The summed E-state index contributed by atoms with van der Waals surface area (Å²) in [4.78, 5) is 0.550. The highest BCUT2D eigenvalue weighted by molar-refractivity contribution is 7.86. The van der Waals surface area contributed by atoms with Gasteiger partial charge in [-0.25, -0.2) is 21.4 Å². The molecule has 9 nitrogen and oxygen atoms in total. The largest absolute Gasteiger partial charge is 0.744 e. The van der Waals surface area contributed by atoms with Gasteiger partial charge in [-0.2, -0.15) is 0 Å². The van der Waals surface area contributed by atoms with Gasteiger partial charge in [0.25, 0.3) is 0 Å². The lowest BCUT2D eigenvalue weighted by molar-refractivity contribution is 0.461. The SMILES string of the molecule is C.CCN(CC)c1ccc2c(-c3ccc(S(=O)(=O)[O-])cc3S(=O)(=O)[O-])c3ccc(=[N+](CC)CC)cc-3oc2c1. The van der Waals surface area contributed by atoms with Crippen LogP contribution in [0.1, 0.15) is 35.1 Å². The van der Waals surface area contributed by atoms with Gasteiger partial charge < -0.3 is 18.4 Å². The lowest BCUT2D eigenvalue weighted by atomic mass is 9.93. The Balaban J connectivity index is 0.00000420. The Morgan fingerprint density at radius 3 is 2.00 bits per heavy atom. The van der Waals surface area contributed by atoms with E-state index in [1.807, 2.05) is 52.0 Å². The van der Waals surface area contributed by atoms with Crippen LogP contribution in [0.5, 0.6) is 0 Å². The van der Waals surface area contributed by atoms with Gasteiger partial charge in [0.1, 0.15) is 44.7 Å². The van der Waals surface area contributed by atoms with E-state index in [2.05, 4.69) is 9.48 Å². The number of anilines is 1. The van der Waals surface area contributed by atoms with Crippen LogP contribution < -0.4 is 14.8 Å². The quantitative estimate of drug-likeness (QED) is 0.173. The van der Waals surface area contributed by atoms with E-state index in [9.17, 15) is 25.9 Å². The normalized spacial score (nSPS) is 11.9. The molecule has 0 bridgehead atoms. The molecule has 1 aliphatic carbocycles. The van der Waals surface area contributed by atoms with Crippen molar-refractivity contribution in [2.45, 2.75) is 44.9 Å². The third kappa shape index (κ3) is 5.86. The van der Waals surface area contributed by atoms with Gasteiger partial charge >= 0.3 is 0 Å². The number of hydrogen-bond acceptors (Lipinski definition) is 8. The van der Waals surface area contributed by atoms with Gasteiger partial charge in [-0.15, -0.1) is 0 Å². The summed E-state index contributed by atoms with van der Waals surface area (Å²) in [7, 11) is -10.2. The maximum absolute atomic E-state index is 12.3. The van der Waals surface area contributed by atoms with E-state index < -0.39 is 30.0 Å². The van der Waals surface area contributed by atoms with Gasteiger partial charge in [0, 0.05) is 53.0 Å². The standard InChI is InChI=1S/C27H30N2O7S2.CH4/c1-5-28(6-2)18-9-12-21-24(15-18)36-25-16-19(29(7-3)8-4)10-13-22(25)27(21)23-14-11-20(37(30,31)32)17-26(23)38(33,34)35;/h9-17H,5-8H2,1-4H3,(H-,30,31,32,33,34,35);1H4/p-1. The number of rotatable bonds is 8. The van der Waals surface area contributed by atoms with E-state index in [1.165, 1.54) is 6.07 Å². The Morgan fingerprint density at radius 1 is 0.795 bits per heavy atom. The predicted octanol–water partition coefficient (Wildman–Crippen LogP) is 4.31. The molecule has 4 rings (SSSR count). The van der Waals surface area contributed by atoms with Gasteiger partial charge in [0.05, 0.1) is 15.9 Å². The van der Waals surface area contributed by atoms with E-state index >= 15 is 0 Å². The summed E-state index contributed by atoms with van der Waals surface area (Å²) in [6.07, 6.45) is 0. The zero-order valence-corrected chi connectivity index (χ0v) is 23.2. The summed E-state index contributed by atoms with van der Waals surface area (Å²) >= 11 is 0. The molecule has 0 saturated carbocycles. The van der Waals surface area contributed by atoms with E-state index in [1.54, 1.807) is 12.1 Å². The van der Waals surface area contributed by atoms with E-state index in [-0.39, 0.29) is 13.0 Å². The maximum atomic E-state index is 12.3. The van der Waals surface area contributed by atoms with Crippen LogP contribution in [0.25, 0.3) is 33.4 Å². The summed E-state index contributed by atoms with van der Waals surface area (Å²) in [6, 6.07) is 13.9. The van der Waals surface area contributed by atoms with Gasteiger partial charge in [-0.05, 0) is 58.0 Å². The lowest BCUT2D eigenvalue weighted by Gasteiger charge is -2.23. The Labute approximate surface area is 229 Å². The first-order valence-electron chi connectivity index (χ1n) is 12.3. The Kier molecular flexibility index (Phi) is 8.91. The average molecular weight is 574 g/mol. The second-order valence-corrected chi connectivity index (χ2v) is 11.5. The van der Waals surface area contributed by atoms with Crippen molar-refractivity contribution >= 4 is 36.9 Å². The van der Waals surface area contributed by atoms with Gasteiger partial charge in [0.2, 0.25) is 5.36 Å². The van der Waals surface area contributed by atoms with Crippen molar-refractivity contribution < 1.29 is 30.4 Å². The summed E-state index contributed by atoms with van der Waals surface area (Å²) in [6.45, 7) is 11.2. The number of benzene rings is 3. The minimum absolute atomic E-state index is 0. The van der Waals surface area contributed by atoms with Crippen molar-refractivity contribution in [1.82, 2.24) is 4.58 Å². The Bertz CT molecular complexity index is 1770. The van der Waals surface area contributed by atoms with Crippen LogP contribution >= 0.6 is 0 Å². The molecule has 0 aromatic heterocycles. The molecule has 0 radical (unpaired) electrons. The Morgan fingerprint density at radius 2 is 1.44 bits per heavy atom. The number of fused-ring (bicyclic) bond motifs is 2. The monoisotopic (exact) mass is 573 g/mol. The van der Waals surface area contributed by atoms with Crippen LogP contribution in [-0.2, 0) is 20.2 Å². The van der Waals surface area contributed by atoms with Crippen LogP contribution in [0.4, 0.5) is 5.69 Å². The van der Waals surface area contributed by atoms with E-state index in [0.29, 0.717) is 33.9 Å². The van der Waals surface area contributed by atoms with Crippen molar-refractivity contribution in [3.8, 4) is 22.5 Å². The molecule has 0 saturated heterocycles. The highest BCUT2D eigenvalue weighted by Gasteiger charge is 2.23. The van der Waals surface area contributed by atoms with Crippen molar-refractivity contribution in [3.05, 3.63) is 60.0 Å². The third-order valence-electron chi connectivity index (χ3n) is 6.73. The summed E-state index contributed by atoms with van der Waals surface area (Å²) in [5.74, 6) is 0.461. The second kappa shape index (κ2) is 11.5. The number of nitrogens with zero attached hydrogens (tertiary/aromatic N) is 2. The Hall–Kier alpha value is -3.25. The molecule has 0 atom stereocenters. The maximum Gasteiger partial charge on any atom is 0.203 e. The zero-order chi connectivity index (χ0) is 27.8. The average Bonchev–Trinajstić information content (AvgIpc) is 2.87. The van der Waals surface area contributed by atoms with Crippen LogP contribution in [0, 0.1) is 0 Å². The van der Waals surface area contributed by atoms with Crippen molar-refractivity contribution in [1.29, 1.82) is 0 Å². The number of hydrogen-bond donors (Lipinski definition) is 0. The first-order valence-corrected chi connectivity index (χ1v) is 15.1. The third-order valence-corrected chi connectivity index (χ3v) is 8.43. The molecule has 2 aromatic carbocycles. The lowest BCUT2D eigenvalue weighted by Crippen LogP contribution is -2.29. The summed E-state index contributed by atoms with van der Waals surface area (Å²) in [5, 5.41) is 1.44. The minimum atomic E-state index is -5.16. The fourth-order valence-corrected chi connectivity index (χ4v) is 6.08. The van der Waals surface area contributed by atoms with Crippen LogP contribution in [0.3, 0.4) is 0 Å². The smallest absolute Gasteiger partial charge is 0.203 e. The molecular formula is C28H33N2O7S2-. The van der Waals surface area contributed by atoms with E-state index in [4.69, 9.17) is 4.42 Å². The van der Waals surface area contributed by atoms with E-state index in [0.717, 1.165) is 43.3 Å². The molecule has 0 N–H and O–H groups in total. The topological polar surface area (TPSA) is 134 Å². The first-order chi connectivity index (χ1) is 17.9. The molecule has 0 spiro atoms. The molecule has 0 unspecified atom stereocenters. The minimum Gasteiger partial charge on any atom is -0.744 e. The molecule has 1 heterocycles. The molecule has 11 heteroatoms. The van der Waals surface area contributed by atoms with Crippen molar-refractivity contribution in [2.24, 2.45) is 0 Å². The molecule has 2 aliphatic rings. The molecule has 2 aromatic rings. The zero-order valence-electron chi connectivity index (χ0n) is 21.6. The molecule has 210 valence electrons. The van der Waals surface area contributed by atoms with Crippen LogP contribution in [-0.4, -0.2) is 52.1 Å². The predicted molar refractivity (Wildman–Crippen MR) is 151 cm³/mol. The van der Waals surface area contributed by atoms with Crippen molar-refractivity contribution in [3.63, 3.8) is 0 Å². The highest BCUT2D eigenvalue weighted by atomic mass is 32.2. The second-order valence-electron chi connectivity index (χ2n) is 8.75. The fraction of sp³-hybridized carbons (Fsp3) is 0.321. The van der Waals surface area contributed by atoms with Gasteiger partial charge in [-0.3, -0.25) is 0 Å². The first kappa shape index (κ1) is 30.3. The molecule has 0 fully saturated rings. The van der Waals surface area contributed by atoms with Crippen molar-refractivity contribution in [2.75, 3.05) is 31.1 Å². The molecule has 39 heavy (non-hydrogen) atoms. The fourth-order valence-electron chi connectivity index (χ4n) is 4.80. The van der Waals surface area contributed by atoms with Gasteiger partial charge in [-0.1, -0.05) is 13.5 Å². The van der Waals surface area contributed by atoms with Gasteiger partial charge in [0.15, 0.2) is 0 Å². The highest BCUT2D eigenvalue weighted by Crippen LogP contribution is 2.43. The van der Waals surface area contributed by atoms with Crippen LogP contribution in [0.2, 0.25) is 0 Å². The summed E-state index contributed by atoms with van der Waals surface area (Å²) < 4.78 is 80.3. The summed E-state index contributed by atoms with van der Waals surface area (Å²) in [5.41, 5.74) is 2.28. The molecule has 0 amide bonds. The molecule has 1 aliphatic heterocycles. The van der Waals surface area contributed by atoms with Crippen LogP contribution in [0.15, 0.2) is 68.8 Å². The molecular weight excluding hydrogens is 540 g/mol.